The van der Waals surface area contributed by atoms with E-state index in [9.17, 15) is 0 Å². The van der Waals surface area contributed by atoms with Gasteiger partial charge in [-0.1, -0.05) is 13.3 Å². The summed E-state index contributed by atoms with van der Waals surface area (Å²) in [6, 6.07) is 3.88. The second-order valence-electron chi connectivity index (χ2n) is 3.58. The van der Waals surface area contributed by atoms with Crippen molar-refractivity contribution in [1.82, 2.24) is 14.6 Å². The van der Waals surface area contributed by atoms with Crippen molar-refractivity contribution in [2.24, 2.45) is 5.84 Å². The number of fused-ring (bicyclic) bond motifs is 1. The Morgan fingerprint density at radius 2 is 2.27 bits per heavy atom. The Morgan fingerprint density at radius 3 is 2.93 bits per heavy atom. The first-order valence-corrected chi connectivity index (χ1v) is 5.07. The van der Waals surface area contributed by atoms with Gasteiger partial charge in [-0.3, -0.25) is 0 Å². The smallest absolute Gasteiger partial charge is 0.157 e. The van der Waals surface area contributed by atoms with E-state index in [1.54, 1.807) is 4.52 Å². The molecule has 0 unspecified atom stereocenters. The van der Waals surface area contributed by atoms with E-state index in [-0.39, 0.29) is 0 Å². The molecule has 0 saturated heterocycles. The highest BCUT2D eigenvalue weighted by molar-refractivity contribution is 5.49. The van der Waals surface area contributed by atoms with Gasteiger partial charge in [-0.05, 0) is 13.3 Å². The van der Waals surface area contributed by atoms with Crippen molar-refractivity contribution < 1.29 is 0 Å². The zero-order chi connectivity index (χ0) is 10.8. The summed E-state index contributed by atoms with van der Waals surface area (Å²) in [5, 5.41) is 4.30. The van der Waals surface area contributed by atoms with Gasteiger partial charge in [0, 0.05) is 17.8 Å². The van der Waals surface area contributed by atoms with Crippen LogP contribution in [-0.4, -0.2) is 14.6 Å². The van der Waals surface area contributed by atoms with Crippen LogP contribution in [-0.2, 0) is 6.42 Å². The third kappa shape index (κ3) is 1.78. The van der Waals surface area contributed by atoms with Crippen LogP contribution in [0.1, 0.15) is 24.7 Å². The molecule has 0 aliphatic rings. The first-order valence-electron chi connectivity index (χ1n) is 5.07. The molecular formula is C10H15N5. The van der Waals surface area contributed by atoms with Gasteiger partial charge < -0.3 is 5.43 Å². The average Bonchev–Trinajstić information content (AvgIpc) is 2.57. The van der Waals surface area contributed by atoms with Crippen LogP contribution in [0.5, 0.6) is 0 Å². The summed E-state index contributed by atoms with van der Waals surface area (Å²) in [5.41, 5.74) is 5.46. The Morgan fingerprint density at radius 1 is 1.47 bits per heavy atom. The molecule has 2 aromatic heterocycles. The lowest BCUT2D eigenvalue weighted by molar-refractivity contribution is 0.854. The summed E-state index contributed by atoms with van der Waals surface area (Å²) in [4.78, 5) is 4.50. The topological polar surface area (TPSA) is 68.2 Å². The van der Waals surface area contributed by atoms with Gasteiger partial charge in [-0.25, -0.2) is 10.8 Å². The van der Waals surface area contributed by atoms with Crippen molar-refractivity contribution in [3.8, 4) is 0 Å². The molecular weight excluding hydrogens is 190 g/mol. The van der Waals surface area contributed by atoms with Crippen molar-refractivity contribution in [2.75, 3.05) is 5.43 Å². The van der Waals surface area contributed by atoms with Gasteiger partial charge in [0.2, 0.25) is 0 Å². The molecule has 0 atom stereocenters. The van der Waals surface area contributed by atoms with E-state index in [1.165, 1.54) is 0 Å². The number of nitrogens with zero attached hydrogens (tertiary/aromatic N) is 3. The fourth-order valence-corrected chi connectivity index (χ4v) is 1.63. The largest absolute Gasteiger partial charge is 0.308 e. The number of hydrazine groups is 1. The zero-order valence-electron chi connectivity index (χ0n) is 8.99. The van der Waals surface area contributed by atoms with E-state index in [2.05, 4.69) is 22.4 Å². The predicted molar refractivity (Wildman–Crippen MR) is 59.5 cm³/mol. The van der Waals surface area contributed by atoms with Crippen LogP contribution in [0.3, 0.4) is 0 Å². The van der Waals surface area contributed by atoms with Crippen LogP contribution in [0.2, 0.25) is 0 Å². The van der Waals surface area contributed by atoms with Gasteiger partial charge in [-0.15, -0.1) is 0 Å². The molecule has 0 saturated carbocycles. The Balaban J connectivity index is 2.59. The fraction of sp³-hybridized carbons (Fsp3) is 0.400. The minimum Gasteiger partial charge on any atom is -0.308 e. The summed E-state index contributed by atoms with van der Waals surface area (Å²) >= 11 is 0. The fourth-order valence-electron chi connectivity index (χ4n) is 1.63. The van der Waals surface area contributed by atoms with E-state index < -0.39 is 0 Å². The lowest BCUT2D eigenvalue weighted by atomic mass is 10.2. The molecule has 0 aromatic carbocycles. The zero-order valence-corrected chi connectivity index (χ0v) is 8.99. The Bertz CT molecular complexity index is 474. The lowest BCUT2D eigenvalue weighted by Crippen LogP contribution is -2.13. The van der Waals surface area contributed by atoms with E-state index in [0.29, 0.717) is 0 Å². The third-order valence-corrected chi connectivity index (χ3v) is 2.26. The number of nitrogens with one attached hydrogen (secondary N) is 1. The van der Waals surface area contributed by atoms with Crippen molar-refractivity contribution in [1.29, 1.82) is 0 Å². The monoisotopic (exact) mass is 205 g/mol. The average molecular weight is 205 g/mol. The van der Waals surface area contributed by atoms with Gasteiger partial charge in [0.15, 0.2) is 5.65 Å². The van der Waals surface area contributed by atoms with E-state index >= 15 is 0 Å². The number of nitrogens with two attached hydrogens (primary N) is 1. The molecule has 0 aliphatic carbocycles. The SMILES string of the molecule is CCCc1cc(NN)n2nc(C)cc2n1. The normalized spacial score (nSPS) is 10.9. The van der Waals surface area contributed by atoms with Crippen LogP contribution in [0.4, 0.5) is 5.82 Å². The number of nitrogen functional groups attached to an aromatic ring is 1. The summed E-state index contributed by atoms with van der Waals surface area (Å²) in [5.74, 6) is 6.23. The maximum atomic E-state index is 5.45. The number of rotatable bonds is 3. The molecule has 2 heterocycles. The maximum Gasteiger partial charge on any atom is 0.157 e. The van der Waals surface area contributed by atoms with Crippen molar-refractivity contribution in [3.63, 3.8) is 0 Å². The van der Waals surface area contributed by atoms with Gasteiger partial charge in [0.25, 0.3) is 0 Å². The first kappa shape index (κ1) is 9.92. The highest BCUT2D eigenvalue weighted by atomic mass is 15.4. The minimum atomic E-state index is 0.775. The molecule has 0 bridgehead atoms. The van der Waals surface area contributed by atoms with Crippen LogP contribution >= 0.6 is 0 Å². The van der Waals surface area contributed by atoms with Crippen molar-refractivity contribution >= 4 is 11.5 Å². The van der Waals surface area contributed by atoms with Gasteiger partial charge in [0.05, 0.1) is 5.69 Å². The molecule has 3 N–H and O–H groups in total. The molecule has 15 heavy (non-hydrogen) atoms. The Labute approximate surface area is 88.3 Å². The molecule has 0 spiro atoms. The van der Waals surface area contributed by atoms with Gasteiger partial charge in [-0.2, -0.15) is 9.61 Å². The molecule has 5 nitrogen and oxygen atoms in total. The van der Waals surface area contributed by atoms with Crippen LogP contribution in [0.25, 0.3) is 5.65 Å². The summed E-state index contributed by atoms with van der Waals surface area (Å²) < 4.78 is 1.72. The van der Waals surface area contributed by atoms with E-state index in [0.717, 1.165) is 35.7 Å². The molecule has 2 aromatic rings. The molecule has 0 fully saturated rings. The van der Waals surface area contributed by atoms with Crippen LogP contribution in [0, 0.1) is 6.92 Å². The molecule has 5 heteroatoms. The maximum absolute atomic E-state index is 5.45. The molecule has 0 radical (unpaired) electrons. The van der Waals surface area contributed by atoms with E-state index in [4.69, 9.17) is 5.84 Å². The number of aromatic nitrogens is 3. The summed E-state index contributed by atoms with van der Waals surface area (Å²) in [7, 11) is 0. The molecule has 0 aliphatic heterocycles. The van der Waals surface area contributed by atoms with Crippen LogP contribution < -0.4 is 11.3 Å². The van der Waals surface area contributed by atoms with Crippen LogP contribution in [0.15, 0.2) is 12.1 Å². The van der Waals surface area contributed by atoms with Crippen molar-refractivity contribution in [2.45, 2.75) is 26.7 Å². The highest BCUT2D eigenvalue weighted by Gasteiger charge is 2.06. The number of aryl methyl sites for hydroxylation is 2. The Hall–Kier alpha value is -1.62. The molecule has 2 rings (SSSR count). The second kappa shape index (κ2) is 3.86. The standard InChI is InChI=1S/C10H15N5/c1-3-4-8-6-10(13-11)15-9(12-8)5-7(2)14-15/h5-6,13H,3-4,11H2,1-2H3. The third-order valence-electron chi connectivity index (χ3n) is 2.26. The van der Waals surface area contributed by atoms with Gasteiger partial charge >= 0.3 is 0 Å². The van der Waals surface area contributed by atoms with E-state index in [1.807, 2.05) is 19.1 Å². The quantitative estimate of drug-likeness (QED) is 0.585. The number of hydrogen-bond acceptors (Lipinski definition) is 4. The minimum absolute atomic E-state index is 0.775. The van der Waals surface area contributed by atoms with Gasteiger partial charge in [0.1, 0.15) is 5.82 Å². The molecule has 80 valence electrons. The molecule has 0 amide bonds. The number of hydrogen-bond donors (Lipinski definition) is 2. The number of anilines is 1. The van der Waals surface area contributed by atoms with Crippen molar-refractivity contribution in [3.05, 3.63) is 23.5 Å². The summed E-state index contributed by atoms with van der Waals surface area (Å²) in [6.45, 7) is 4.07. The lowest BCUT2D eigenvalue weighted by Gasteiger charge is -2.05. The first-order chi connectivity index (χ1) is 7.24. The highest BCUT2D eigenvalue weighted by Crippen LogP contribution is 2.13. The predicted octanol–water partition coefficient (Wildman–Crippen LogP) is 1.28. The second-order valence-corrected chi connectivity index (χ2v) is 3.58. The Kier molecular flexibility index (Phi) is 2.55. The summed E-state index contributed by atoms with van der Waals surface area (Å²) in [6.07, 6.45) is 2.02.